The lowest BCUT2D eigenvalue weighted by Crippen LogP contribution is -2.37. The highest BCUT2D eigenvalue weighted by Gasteiger charge is 1.95. The third-order valence-corrected chi connectivity index (χ3v) is 0.969. The molecule has 4 heteroatoms. The summed E-state index contributed by atoms with van der Waals surface area (Å²) in [7, 11) is 0. The van der Waals surface area contributed by atoms with Crippen LogP contribution < -0.4 is 10.4 Å². The quantitative estimate of drug-likeness (QED) is 0.521. The molecule has 0 saturated heterocycles. The molecule has 0 saturated carbocycles. The van der Waals surface area contributed by atoms with Crippen LogP contribution in [0.2, 0.25) is 0 Å². The van der Waals surface area contributed by atoms with E-state index in [2.05, 4.69) is 5.32 Å². The summed E-state index contributed by atoms with van der Waals surface area (Å²) in [5, 5.41) is 12.0. The summed E-state index contributed by atoms with van der Waals surface area (Å²) >= 11 is 0. The summed E-state index contributed by atoms with van der Waals surface area (Å²) < 4.78 is 0. The van der Waals surface area contributed by atoms with Crippen LogP contribution in [0.4, 0.5) is 0 Å². The Morgan fingerprint density at radius 1 is 1.55 bits per heavy atom. The molecule has 0 aromatic carbocycles. The van der Waals surface area contributed by atoms with Crippen LogP contribution in [-0.4, -0.2) is 18.4 Å². The number of hydrogen-bond acceptors (Lipinski definition) is 3. The molecule has 0 spiro atoms. The fourth-order valence-corrected chi connectivity index (χ4v) is 0.468. The number of aliphatic carboxylic acids is 1. The molecular weight excluding hydrogens is 146 g/mol. The highest BCUT2D eigenvalue weighted by Crippen LogP contribution is 1.80. The minimum Gasteiger partial charge on any atom is -0.548 e. The van der Waals surface area contributed by atoms with E-state index in [0.717, 1.165) is 0 Å². The van der Waals surface area contributed by atoms with Crippen LogP contribution in [0.3, 0.4) is 0 Å². The Bertz CT molecular complexity index is 175. The Morgan fingerprint density at radius 2 is 2.18 bits per heavy atom. The van der Waals surface area contributed by atoms with Gasteiger partial charge in [-0.25, -0.2) is 0 Å². The van der Waals surface area contributed by atoms with Crippen molar-refractivity contribution < 1.29 is 14.7 Å². The predicted octanol–water partition coefficient (Wildman–Crippen LogP) is -1.18. The smallest absolute Gasteiger partial charge is 0.224 e. The molecule has 4 nitrogen and oxygen atoms in total. The monoisotopic (exact) mass is 156 g/mol. The van der Waals surface area contributed by atoms with E-state index in [-0.39, 0.29) is 12.3 Å². The number of carboxylic acid groups (broad SMARTS) is 1. The second kappa shape index (κ2) is 5.46. The zero-order valence-corrected chi connectivity index (χ0v) is 6.29. The largest absolute Gasteiger partial charge is 0.548 e. The van der Waals surface area contributed by atoms with E-state index < -0.39 is 12.5 Å². The first-order valence-electron chi connectivity index (χ1n) is 3.24. The van der Waals surface area contributed by atoms with E-state index >= 15 is 0 Å². The van der Waals surface area contributed by atoms with Gasteiger partial charge in [-0.1, -0.05) is 12.2 Å². The van der Waals surface area contributed by atoms with Crippen molar-refractivity contribution in [1.82, 2.24) is 5.32 Å². The lowest BCUT2D eigenvalue weighted by molar-refractivity contribution is -0.304. The lowest BCUT2D eigenvalue weighted by Gasteiger charge is -2.02. The van der Waals surface area contributed by atoms with Gasteiger partial charge in [0.15, 0.2) is 0 Å². The first-order chi connectivity index (χ1) is 5.16. The van der Waals surface area contributed by atoms with Gasteiger partial charge in [0, 0.05) is 6.42 Å². The molecule has 0 unspecified atom stereocenters. The maximum atomic E-state index is 10.7. The van der Waals surface area contributed by atoms with Crippen molar-refractivity contribution in [3.63, 3.8) is 0 Å². The van der Waals surface area contributed by atoms with Crippen LogP contribution >= 0.6 is 0 Å². The highest BCUT2D eigenvalue weighted by atomic mass is 16.4. The van der Waals surface area contributed by atoms with Crippen molar-refractivity contribution in [2.45, 2.75) is 13.3 Å². The van der Waals surface area contributed by atoms with E-state index in [1.807, 2.05) is 0 Å². The number of rotatable bonds is 4. The van der Waals surface area contributed by atoms with Gasteiger partial charge in [-0.2, -0.15) is 0 Å². The van der Waals surface area contributed by atoms with E-state index in [1.54, 1.807) is 19.1 Å². The van der Waals surface area contributed by atoms with Crippen molar-refractivity contribution in [3.05, 3.63) is 12.2 Å². The van der Waals surface area contributed by atoms with Crippen molar-refractivity contribution in [2.24, 2.45) is 0 Å². The van der Waals surface area contributed by atoms with E-state index in [9.17, 15) is 14.7 Å². The van der Waals surface area contributed by atoms with Crippen molar-refractivity contribution in [3.8, 4) is 0 Å². The first kappa shape index (κ1) is 9.68. The van der Waals surface area contributed by atoms with Gasteiger partial charge in [-0.05, 0) is 6.92 Å². The molecule has 0 bridgehead atoms. The zero-order valence-electron chi connectivity index (χ0n) is 6.29. The maximum Gasteiger partial charge on any atom is 0.224 e. The summed E-state index contributed by atoms with van der Waals surface area (Å²) in [5.41, 5.74) is 0. The fourth-order valence-electron chi connectivity index (χ4n) is 0.468. The summed E-state index contributed by atoms with van der Waals surface area (Å²) in [5.74, 6) is -1.59. The topological polar surface area (TPSA) is 69.2 Å². The van der Waals surface area contributed by atoms with Gasteiger partial charge in [-0.15, -0.1) is 0 Å². The number of amides is 1. The summed E-state index contributed by atoms with van der Waals surface area (Å²) in [6, 6.07) is 0. The molecule has 0 aliphatic rings. The van der Waals surface area contributed by atoms with Gasteiger partial charge in [0.05, 0.1) is 12.5 Å². The Kier molecular flexibility index (Phi) is 4.81. The van der Waals surface area contributed by atoms with Gasteiger partial charge in [-0.3, -0.25) is 4.79 Å². The summed E-state index contributed by atoms with van der Waals surface area (Å²) in [6.45, 7) is 1.36. The standard InChI is InChI=1S/C7H11NO3/c1-2-3-4-6(9)8-5-7(10)11/h2-3H,4-5H2,1H3,(H,8,9)(H,10,11)/p-1/b3-2+. The van der Waals surface area contributed by atoms with Gasteiger partial charge >= 0.3 is 0 Å². The average molecular weight is 156 g/mol. The molecule has 0 aliphatic heterocycles. The third kappa shape index (κ3) is 6.57. The molecular formula is C7H10NO3-. The second-order valence-corrected chi connectivity index (χ2v) is 1.92. The SMILES string of the molecule is C/C=C/CC(=O)NCC(=O)[O-]. The minimum atomic E-state index is -1.28. The number of hydrogen-bond donors (Lipinski definition) is 1. The van der Waals surface area contributed by atoms with Gasteiger partial charge < -0.3 is 15.2 Å². The molecule has 62 valence electrons. The summed E-state index contributed by atoms with van der Waals surface area (Å²) in [6.07, 6.45) is 3.58. The molecule has 0 rings (SSSR count). The molecule has 0 aromatic rings. The average Bonchev–Trinajstić information content (AvgIpc) is 1.97. The third-order valence-electron chi connectivity index (χ3n) is 0.969. The van der Waals surface area contributed by atoms with E-state index in [0.29, 0.717) is 0 Å². The molecule has 0 aliphatic carbocycles. The van der Waals surface area contributed by atoms with Gasteiger partial charge in [0.25, 0.3) is 0 Å². The Balaban J connectivity index is 3.45. The maximum absolute atomic E-state index is 10.7. The predicted molar refractivity (Wildman–Crippen MR) is 37.4 cm³/mol. The van der Waals surface area contributed by atoms with Crippen molar-refractivity contribution >= 4 is 11.9 Å². The van der Waals surface area contributed by atoms with Crippen LogP contribution in [0, 0.1) is 0 Å². The highest BCUT2D eigenvalue weighted by molar-refractivity contribution is 5.81. The van der Waals surface area contributed by atoms with Crippen LogP contribution in [0.1, 0.15) is 13.3 Å². The van der Waals surface area contributed by atoms with E-state index in [4.69, 9.17) is 0 Å². The molecule has 0 radical (unpaired) electrons. The molecule has 0 heterocycles. The van der Waals surface area contributed by atoms with Crippen LogP contribution in [0.15, 0.2) is 12.2 Å². The molecule has 0 fully saturated rings. The van der Waals surface area contributed by atoms with Crippen LogP contribution in [0.5, 0.6) is 0 Å². The Hall–Kier alpha value is -1.32. The van der Waals surface area contributed by atoms with Gasteiger partial charge in [0.1, 0.15) is 0 Å². The molecule has 1 N–H and O–H groups in total. The molecule has 11 heavy (non-hydrogen) atoms. The minimum absolute atomic E-state index is 0.212. The number of carbonyl (C=O) groups is 2. The molecule has 1 amide bonds. The number of allylic oxidation sites excluding steroid dienone is 1. The summed E-state index contributed by atoms with van der Waals surface area (Å²) in [4.78, 5) is 20.5. The number of carboxylic acids is 1. The van der Waals surface area contributed by atoms with Crippen molar-refractivity contribution in [2.75, 3.05) is 6.54 Å². The fraction of sp³-hybridized carbons (Fsp3) is 0.429. The normalized spacial score (nSPS) is 9.91. The lowest BCUT2D eigenvalue weighted by atomic mass is 10.3. The number of carbonyl (C=O) groups excluding carboxylic acids is 2. The van der Waals surface area contributed by atoms with Crippen LogP contribution in [-0.2, 0) is 9.59 Å². The van der Waals surface area contributed by atoms with Gasteiger partial charge in [0.2, 0.25) is 5.91 Å². The van der Waals surface area contributed by atoms with E-state index in [1.165, 1.54) is 0 Å². The Morgan fingerprint density at radius 3 is 2.64 bits per heavy atom. The zero-order chi connectivity index (χ0) is 8.69. The first-order valence-corrected chi connectivity index (χ1v) is 3.24. The molecule has 0 aromatic heterocycles. The Labute approximate surface area is 64.9 Å². The molecule has 0 atom stereocenters. The van der Waals surface area contributed by atoms with Crippen molar-refractivity contribution in [1.29, 1.82) is 0 Å². The number of nitrogens with one attached hydrogen (secondary N) is 1. The second-order valence-electron chi connectivity index (χ2n) is 1.92. The van der Waals surface area contributed by atoms with Crippen LogP contribution in [0.25, 0.3) is 0 Å².